The van der Waals surface area contributed by atoms with Gasteiger partial charge in [0.25, 0.3) is 0 Å². The summed E-state index contributed by atoms with van der Waals surface area (Å²) in [7, 11) is 1.95. The van der Waals surface area contributed by atoms with Crippen LogP contribution in [-0.2, 0) is 0 Å². The highest BCUT2D eigenvalue weighted by Gasteiger charge is 2.37. The maximum Gasteiger partial charge on any atom is 0.227 e. The van der Waals surface area contributed by atoms with E-state index in [1.165, 1.54) is 0 Å². The van der Waals surface area contributed by atoms with E-state index in [2.05, 4.69) is 48.9 Å². The number of hydrogen-bond acceptors (Lipinski definition) is 6. The van der Waals surface area contributed by atoms with Crippen LogP contribution in [0.4, 0.5) is 17.1 Å². The van der Waals surface area contributed by atoms with Crippen molar-refractivity contribution in [2.75, 3.05) is 16.8 Å². The van der Waals surface area contributed by atoms with Gasteiger partial charge in [0, 0.05) is 24.0 Å². The molecule has 0 saturated heterocycles. The maximum atomic E-state index is 9.77. The minimum Gasteiger partial charge on any atom is -0.435 e. The van der Waals surface area contributed by atoms with Gasteiger partial charge in [0.05, 0.1) is 28.2 Å². The first-order valence-electron chi connectivity index (χ1n) is 9.74. The number of aryl methyl sites for hydroxylation is 1. The molecule has 4 aromatic rings. The molecule has 3 heterocycles. The molecule has 0 bridgehead atoms. The van der Waals surface area contributed by atoms with Crippen molar-refractivity contribution in [2.24, 2.45) is 0 Å². The second-order valence-corrected chi connectivity index (χ2v) is 7.69. The SMILES string of the molecule is Cc1cc2c(oc3ncccc32)c(N2c3ccc(C#N)c(C#N)c3N(C)[C@@H]2C)c1C. The van der Waals surface area contributed by atoms with E-state index in [1.807, 2.05) is 30.1 Å². The van der Waals surface area contributed by atoms with Gasteiger partial charge in [-0.1, -0.05) is 0 Å². The number of furan rings is 1. The molecule has 2 aromatic carbocycles. The number of pyridine rings is 1. The lowest BCUT2D eigenvalue weighted by atomic mass is 10.0. The van der Waals surface area contributed by atoms with Crippen LogP contribution in [0, 0.1) is 36.5 Å². The van der Waals surface area contributed by atoms with Crippen molar-refractivity contribution in [3.05, 3.63) is 58.8 Å². The Labute approximate surface area is 174 Å². The van der Waals surface area contributed by atoms with Crippen LogP contribution >= 0.6 is 0 Å². The monoisotopic (exact) mass is 393 g/mol. The molecule has 0 amide bonds. The summed E-state index contributed by atoms with van der Waals surface area (Å²) in [5.74, 6) is 0. The van der Waals surface area contributed by atoms with Gasteiger partial charge in [-0.05, 0) is 62.2 Å². The number of nitrogens with zero attached hydrogens (tertiary/aromatic N) is 5. The van der Waals surface area contributed by atoms with Crippen LogP contribution in [0.1, 0.15) is 29.2 Å². The third-order valence-electron chi connectivity index (χ3n) is 6.20. The topological polar surface area (TPSA) is 80.1 Å². The number of benzene rings is 2. The zero-order valence-corrected chi connectivity index (χ0v) is 17.2. The Morgan fingerprint density at radius 3 is 2.60 bits per heavy atom. The summed E-state index contributed by atoms with van der Waals surface area (Å²) in [5, 5.41) is 21.2. The van der Waals surface area contributed by atoms with Crippen LogP contribution < -0.4 is 9.80 Å². The van der Waals surface area contributed by atoms with Gasteiger partial charge in [-0.15, -0.1) is 0 Å². The normalized spacial score (nSPS) is 15.5. The first kappa shape index (κ1) is 18.0. The maximum absolute atomic E-state index is 9.77. The molecule has 0 spiro atoms. The average Bonchev–Trinajstić information content (AvgIpc) is 3.24. The first-order valence-corrected chi connectivity index (χ1v) is 9.74. The van der Waals surface area contributed by atoms with Gasteiger partial charge in [-0.3, -0.25) is 0 Å². The smallest absolute Gasteiger partial charge is 0.227 e. The van der Waals surface area contributed by atoms with Crippen molar-refractivity contribution in [3.63, 3.8) is 0 Å². The second kappa shape index (κ2) is 6.23. The van der Waals surface area contributed by atoms with E-state index in [1.54, 1.807) is 12.3 Å². The Balaban J connectivity index is 1.88. The van der Waals surface area contributed by atoms with Crippen molar-refractivity contribution < 1.29 is 4.42 Å². The van der Waals surface area contributed by atoms with E-state index >= 15 is 0 Å². The Morgan fingerprint density at radius 1 is 1.07 bits per heavy atom. The Hall–Kier alpha value is -4.03. The van der Waals surface area contributed by atoms with Crippen LogP contribution in [0.15, 0.2) is 40.9 Å². The molecular weight excluding hydrogens is 374 g/mol. The second-order valence-electron chi connectivity index (χ2n) is 7.69. The zero-order chi connectivity index (χ0) is 21.2. The lowest BCUT2D eigenvalue weighted by molar-refractivity contribution is 0.648. The molecule has 6 heteroatoms. The number of rotatable bonds is 1. The van der Waals surface area contributed by atoms with E-state index < -0.39 is 0 Å². The molecule has 5 rings (SSSR count). The number of anilines is 3. The Kier molecular flexibility index (Phi) is 3.75. The minimum absolute atomic E-state index is 0.0640. The van der Waals surface area contributed by atoms with Crippen molar-refractivity contribution in [1.29, 1.82) is 10.5 Å². The summed E-state index contributed by atoms with van der Waals surface area (Å²) < 4.78 is 6.24. The Morgan fingerprint density at radius 2 is 1.87 bits per heavy atom. The van der Waals surface area contributed by atoms with Crippen molar-refractivity contribution in [2.45, 2.75) is 26.9 Å². The van der Waals surface area contributed by atoms with Crippen molar-refractivity contribution in [3.8, 4) is 12.1 Å². The van der Waals surface area contributed by atoms with Crippen LogP contribution in [0.5, 0.6) is 0 Å². The van der Waals surface area contributed by atoms with E-state index in [0.717, 1.165) is 44.5 Å². The van der Waals surface area contributed by atoms with Gasteiger partial charge >= 0.3 is 0 Å². The summed E-state index contributed by atoms with van der Waals surface area (Å²) >= 11 is 0. The number of nitriles is 2. The van der Waals surface area contributed by atoms with Crippen LogP contribution in [0.2, 0.25) is 0 Å². The van der Waals surface area contributed by atoms with Gasteiger partial charge < -0.3 is 14.2 Å². The number of fused-ring (bicyclic) bond motifs is 4. The summed E-state index contributed by atoms with van der Waals surface area (Å²) in [4.78, 5) is 8.64. The van der Waals surface area contributed by atoms with Crippen molar-refractivity contribution in [1.82, 2.24) is 4.98 Å². The Bertz CT molecular complexity index is 1440. The molecule has 6 nitrogen and oxygen atoms in total. The van der Waals surface area contributed by atoms with Gasteiger partial charge in [0.2, 0.25) is 5.71 Å². The predicted octanol–water partition coefficient (Wildman–Crippen LogP) is 5.28. The quantitative estimate of drug-likeness (QED) is 0.438. The minimum atomic E-state index is -0.0640. The molecule has 1 atom stereocenters. The molecule has 0 aliphatic carbocycles. The highest BCUT2D eigenvalue weighted by atomic mass is 16.3. The van der Waals surface area contributed by atoms with Crippen molar-refractivity contribution >= 4 is 39.1 Å². The largest absolute Gasteiger partial charge is 0.435 e. The van der Waals surface area contributed by atoms with Crippen LogP contribution in [0.3, 0.4) is 0 Å². The van der Waals surface area contributed by atoms with E-state index in [-0.39, 0.29) is 6.17 Å². The molecule has 0 N–H and O–H groups in total. The highest BCUT2D eigenvalue weighted by molar-refractivity contribution is 6.10. The molecule has 146 valence electrons. The molecule has 1 aliphatic heterocycles. The van der Waals surface area contributed by atoms with Gasteiger partial charge in [-0.25, -0.2) is 4.98 Å². The summed E-state index contributed by atoms with van der Waals surface area (Å²) in [5.41, 5.74) is 7.07. The molecule has 0 fully saturated rings. The zero-order valence-electron chi connectivity index (χ0n) is 17.2. The molecule has 2 aromatic heterocycles. The van der Waals surface area contributed by atoms with E-state index in [4.69, 9.17) is 4.42 Å². The fourth-order valence-electron chi connectivity index (χ4n) is 4.45. The van der Waals surface area contributed by atoms with Gasteiger partial charge in [0.15, 0.2) is 5.58 Å². The molecular formula is C24H19N5O. The standard InChI is InChI=1S/C24H19N5O/c1-13-10-18-17-6-5-9-27-24(17)30-23(18)21(14(13)2)29-15(3)28(4)22-19(12-26)16(11-25)7-8-20(22)29/h5-10,15H,1-4H3/t15-/m0/s1. The lowest BCUT2D eigenvalue weighted by Gasteiger charge is -2.29. The van der Waals surface area contributed by atoms with Gasteiger partial charge in [0.1, 0.15) is 18.3 Å². The third kappa shape index (κ3) is 2.19. The average molecular weight is 393 g/mol. The molecule has 1 aliphatic rings. The summed E-state index contributed by atoms with van der Waals surface area (Å²) in [6.45, 7) is 6.27. The highest BCUT2D eigenvalue weighted by Crippen LogP contribution is 2.50. The van der Waals surface area contributed by atoms with Gasteiger partial charge in [-0.2, -0.15) is 10.5 Å². The summed E-state index contributed by atoms with van der Waals surface area (Å²) in [6, 6.07) is 14.1. The van der Waals surface area contributed by atoms with Crippen LogP contribution in [0.25, 0.3) is 22.1 Å². The predicted molar refractivity (Wildman–Crippen MR) is 117 cm³/mol. The summed E-state index contributed by atoms with van der Waals surface area (Å²) in [6.07, 6.45) is 1.67. The first-order chi connectivity index (χ1) is 14.5. The van der Waals surface area contributed by atoms with Crippen LogP contribution in [-0.4, -0.2) is 18.2 Å². The number of hydrogen-bond donors (Lipinski definition) is 0. The third-order valence-corrected chi connectivity index (χ3v) is 6.20. The molecule has 30 heavy (non-hydrogen) atoms. The molecule has 0 saturated carbocycles. The van der Waals surface area contributed by atoms with E-state index in [0.29, 0.717) is 16.8 Å². The molecule has 0 unspecified atom stereocenters. The lowest BCUT2D eigenvalue weighted by Crippen LogP contribution is -2.36. The fourth-order valence-corrected chi connectivity index (χ4v) is 4.45. The van der Waals surface area contributed by atoms with E-state index in [9.17, 15) is 10.5 Å². The molecule has 0 radical (unpaired) electrons. The fraction of sp³-hybridized carbons (Fsp3) is 0.208. The number of aromatic nitrogens is 1.